The van der Waals surface area contributed by atoms with Gasteiger partial charge in [-0.3, -0.25) is 9.69 Å². The van der Waals surface area contributed by atoms with Gasteiger partial charge in [-0.05, 0) is 32.4 Å². The summed E-state index contributed by atoms with van der Waals surface area (Å²) in [5, 5.41) is 8.89. The van der Waals surface area contributed by atoms with Crippen molar-refractivity contribution in [2.75, 3.05) is 13.1 Å². The molecule has 0 aromatic heterocycles. The second kappa shape index (κ2) is 4.45. The molecule has 1 heterocycles. The Morgan fingerprint density at radius 1 is 1.58 bits per heavy atom. The van der Waals surface area contributed by atoms with Crippen molar-refractivity contribution < 1.29 is 9.90 Å². The van der Waals surface area contributed by atoms with Crippen LogP contribution in [0.25, 0.3) is 0 Å². The second-order valence-electron chi connectivity index (χ2n) is 3.39. The molecule has 3 heteroatoms. The Kier molecular flexibility index (Phi) is 3.53. The number of carbonyl (C=O) groups is 1. The van der Waals surface area contributed by atoms with Crippen molar-refractivity contribution in [2.24, 2.45) is 0 Å². The lowest BCUT2D eigenvalue weighted by Crippen LogP contribution is -2.44. The van der Waals surface area contributed by atoms with E-state index in [4.69, 9.17) is 5.11 Å². The lowest BCUT2D eigenvalue weighted by molar-refractivity contribution is -0.144. The molecule has 0 bridgehead atoms. The number of hydrogen-bond donors (Lipinski definition) is 1. The first kappa shape index (κ1) is 9.52. The Balaban J connectivity index is 2.48. The van der Waals surface area contributed by atoms with E-state index >= 15 is 0 Å². The third kappa shape index (κ3) is 2.21. The monoisotopic (exact) mass is 171 g/mol. The minimum atomic E-state index is -0.650. The van der Waals surface area contributed by atoms with Gasteiger partial charge in [-0.2, -0.15) is 0 Å². The summed E-state index contributed by atoms with van der Waals surface area (Å²) in [7, 11) is 0. The standard InChI is InChI=1S/C9H17NO2/c1-2-6-10-7-4-3-5-8(10)9(11)12/h8H,2-7H2,1H3,(H,11,12)/t8-/m0/s1. The molecular weight excluding hydrogens is 154 g/mol. The highest BCUT2D eigenvalue weighted by atomic mass is 16.4. The molecule has 0 unspecified atom stereocenters. The van der Waals surface area contributed by atoms with Gasteiger partial charge in [0, 0.05) is 0 Å². The summed E-state index contributed by atoms with van der Waals surface area (Å²) in [5.74, 6) is -0.650. The number of nitrogens with zero attached hydrogens (tertiary/aromatic N) is 1. The van der Waals surface area contributed by atoms with E-state index in [1.165, 1.54) is 0 Å². The van der Waals surface area contributed by atoms with Crippen LogP contribution in [0.4, 0.5) is 0 Å². The zero-order valence-electron chi connectivity index (χ0n) is 7.62. The van der Waals surface area contributed by atoms with Crippen molar-refractivity contribution >= 4 is 5.97 Å². The van der Waals surface area contributed by atoms with Gasteiger partial charge in [0.15, 0.2) is 0 Å². The van der Waals surface area contributed by atoms with Crippen molar-refractivity contribution in [3.63, 3.8) is 0 Å². The highest BCUT2D eigenvalue weighted by Crippen LogP contribution is 2.16. The van der Waals surface area contributed by atoms with Gasteiger partial charge in [0.05, 0.1) is 0 Å². The van der Waals surface area contributed by atoms with E-state index in [9.17, 15) is 4.79 Å². The Hall–Kier alpha value is -0.570. The van der Waals surface area contributed by atoms with Crippen molar-refractivity contribution in [2.45, 2.75) is 38.6 Å². The fourth-order valence-electron chi connectivity index (χ4n) is 1.83. The average Bonchev–Trinajstić information content (AvgIpc) is 2.05. The van der Waals surface area contributed by atoms with E-state index < -0.39 is 5.97 Å². The van der Waals surface area contributed by atoms with E-state index in [0.717, 1.165) is 38.8 Å². The molecule has 0 saturated carbocycles. The lowest BCUT2D eigenvalue weighted by Gasteiger charge is -2.32. The maximum absolute atomic E-state index is 10.8. The van der Waals surface area contributed by atoms with Gasteiger partial charge in [-0.25, -0.2) is 0 Å². The predicted molar refractivity (Wildman–Crippen MR) is 47.1 cm³/mol. The van der Waals surface area contributed by atoms with Crippen LogP contribution in [0.2, 0.25) is 0 Å². The van der Waals surface area contributed by atoms with Crippen LogP contribution in [-0.4, -0.2) is 35.1 Å². The van der Waals surface area contributed by atoms with Crippen LogP contribution in [0.5, 0.6) is 0 Å². The van der Waals surface area contributed by atoms with Gasteiger partial charge in [0.1, 0.15) is 6.04 Å². The summed E-state index contributed by atoms with van der Waals surface area (Å²) in [6, 6.07) is -0.210. The van der Waals surface area contributed by atoms with Crippen LogP contribution in [0.1, 0.15) is 32.6 Å². The Morgan fingerprint density at radius 2 is 2.33 bits per heavy atom. The van der Waals surface area contributed by atoms with E-state index in [2.05, 4.69) is 11.8 Å². The Labute approximate surface area is 73.4 Å². The fourth-order valence-corrected chi connectivity index (χ4v) is 1.83. The first-order valence-corrected chi connectivity index (χ1v) is 4.72. The van der Waals surface area contributed by atoms with Crippen molar-refractivity contribution in [1.82, 2.24) is 4.90 Å². The highest BCUT2D eigenvalue weighted by molar-refractivity contribution is 5.73. The predicted octanol–water partition coefficient (Wildman–Crippen LogP) is 1.34. The molecule has 0 spiro atoms. The average molecular weight is 171 g/mol. The first-order chi connectivity index (χ1) is 5.75. The maximum Gasteiger partial charge on any atom is 0.320 e. The molecule has 0 amide bonds. The topological polar surface area (TPSA) is 40.5 Å². The minimum Gasteiger partial charge on any atom is -0.480 e. The number of likely N-dealkylation sites (tertiary alicyclic amines) is 1. The zero-order chi connectivity index (χ0) is 8.97. The van der Waals surface area contributed by atoms with Crippen molar-refractivity contribution in [1.29, 1.82) is 0 Å². The Morgan fingerprint density at radius 3 is 2.92 bits per heavy atom. The van der Waals surface area contributed by atoms with Gasteiger partial charge in [-0.15, -0.1) is 0 Å². The molecule has 0 aliphatic carbocycles. The van der Waals surface area contributed by atoms with Crippen LogP contribution < -0.4 is 0 Å². The quantitative estimate of drug-likeness (QED) is 0.696. The van der Waals surface area contributed by atoms with E-state index in [-0.39, 0.29) is 6.04 Å². The van der Waals surface area contributed by atoms with E-state index in [1.54, 1.807) is 0 Å². The van der Waals surface area contributed by atoms with Gasteiger partial charge in [0.2, 0.25) is 0 Å². The number of piperidine rings is 1. The molecule has 1 aliphatic rings. The summed E-state index contributed by atoms with van der Waals surface area (Å²) >= 11 is 0. The van der Waals surface area contributed by atoms with Gasteiger partial charge in [-0.1, -0.05) is 13.3 Å². The number of rotatable bonds is 3. The molecule has 1 N–H and O–H groups in total. The molecule has 1 atom stereocenters. The molecule has 0 aromatic carbocycles. The van der Waals surface area contributed by atoms with E-state index in [0.29, 0.717) is 0 Å². The molecule has 1 aliphatic heterocycles. The summed E-state index contributed by atoms with van der Waals surface area (Å²) in [6.07, 6.45) is 4.10. The minimum absolute atomic E-state index is 0.210. The van der Waals surface area contributed by atoms with Crippen LogP contribution in [0.15, 0.2) is 0 Å². The second-order valence-corrected chi connectivity index (χ2v) is 3.39. The van der Waals surface area contributed by atoms with Crippen LogP contribution in [0.3, 0.4) is 0 Å². The molecule has 1 rings (SSSR count). The smallest absolute Gasteiger partial charge is 0.320 e. The molecule has 0 aromatic rings. The summed E-state index contributed by atoms with van der Waals surface area (Å²) in [4.78, 5) is 12.9. The molecule has 1 saturated heterocycles. The largest absolute Gasteiger partial charge is 0.480 e. The number of carboxylic acid groups (broad SMARTS) is 1. The van der Waals surface area contributed by atoms with Crippen LogP contribution >= 0.6 is 0 Å². The van der Waals surface area contributed by atoms with E-state index in [1.807, 2.05) is 0 Å². The highest BCUT2D eigenvalue weighted by Gasteiger charge is 2.27. The molecular formula is C9H17NO2. The van der Waals surface area contributed by atoms with Crippen LogP contribution in [0, 0.1) is 0 Å². The third-order valence-corrected chi connectivity index (χ3v) is 2.41. The number of aliphatic carboxylic acids is 1. The van der Waals surface area contributed by atoms with Crippen molar-refractivity contribution in [3.05, 3.63) is 0 Å². The summed E-state index contributed by atoms with van der Waals surface area (Å²) < 4.78 is 0. The first-order valence-electron chi connectivity index (χ1n) is 4.72. The maximum atomic E-state index is 10.8. The molecule has 3 nitrogen and oxygen atoms in total. The summed E-state index contributed by atoms with van der Waals surface area (Å²) in [6.45, 7) is 3.98. The SMILES string of the molecule is CCCN1CCCC[C@H]1C(=O)O. The molecule has 70 valence electrons. The van der Waals surface area contributed by atoms with Gasteiger partial charge < -0.3 is 5.11 Å². The fraction of sp³-hybridized carbons (Fsp3) is 0.889. The third-order valence-electron chi connectivity index (χ3n) is 2.41. The molecule has 1 fully saturated rings. The normalized spacial score (nSPS) is 25.6. The summed E-state index contributed by atoms with van der Waals surface area (Å²) in [5.41, 5.74) is 0. The van der Waals surface area contributed by atoms with Crippen molar-refractivity contribution in [3.8, 4) is 0 Å². The number of carboxylic acids is 1. The van der Waals surface area contributed by atoms with Gasteiger partial charge in [0.25, 0.3) is 0 Å². The van der Waals surface area contributed by atoms with Gasteiger partial charge >= 0.3 is 5.97 Å². The zero-order valence-corrected chi connectivity index (χ0v) is 7.62. The lowest BCUT2D eigenvalue weighted by atomic mass is 10.0. The number of hydrogen-bond acceptors (Lipinski definition) is 2. The molecule has 12 heavy (non-hydrogen) atoms. The molecule has 0 radical (unpaired) electrons. The Bertz CT molecular complexity index is 157. The van der Waals surface area contributed by atoms with Crippen LogP contribution in [-0.2, 0) is 4.79 Å².